The van der Waals surface area contributed by atoms with Gasteiger partial charge in [0.2, 0.25) is 0 Å². The number of hydrogen-bond acceptors (Lipinski definition) is 3. The molecule has 0 atom stereocenters. The average Bonchev–Trinajstić information content (AvgIpc) is 2.16. The van der Waals surface area contributed by atoms with Crippen LogP contribution in [0.5, 0.6) is 0 Å². The molecule has 0 saturated heterocycles. The molecule has 66 valence electrons. The van der Waals surface area contributed by atoms with Crippen LogP contribution in [0.25, 0.3) is 0 Å². The Balaban J connectivity index is 3.38. The SMILES string of the molecule is CSc1c(C#N)cccc1C(=O)Cl. The van der Waals surface area contributed by atoms with E-state index in [0.29, 0.717) is 16.0 Å². The summed E-state index contributed by atoms with van der Waals surface area (Å²) in [5.41, 5.74) is 0.882. The fourth-order valence-corrected chi connectivity index (χ4v) is 1.93. The van der Waals surface area contributed by atoms with Crippen LogP contribution >= 0.6 is 23.4 Å². The first kappa shape index (κ1) is 10.1. The van der Waals surface area contributed by atoms with E-state index in [4.69, 9.17) is 16.9 Å². The van der Waals surface area contributed by atoms with Gasteiger partial charge in [-0.15, -0.1) is 11.8 Å². The highest BCUT2D eigenvalue weighted by atomic mass is 35.5. The normalized spacial score (nSPS) is 9.31. The van der Waals surface area contributed by atoms with Gasteiger partial charge in [0.15, 0.2) is 0 Å². The Bertz CT molecular complexity index is 384. The van der Waals surface area contributed by atoms with E-state index < -0.39 is 5.24 Å². The number of carbonyl (C=O) groups excluding carboxylic acids is 1. The molecule has 0 fully saturated rings. The molecule has 0 amide bonds. The molecule has 0 aromatic heterocycles. The van der Waals surface area contributed by atoms with Crippen molar-refractivity contribution in [2.24, 2.45) is 0 Å². The molecule has 0 radical (unpaired) electrons. The van der Waals surface area contributed by atoms with Crippen molar-refractivity contribution in [2.45, 2.75) is 4.90 Å². The van der Waals surface area contributed by atoms with E-state index in [2.05, 4.69) is 0 Å². The maximum Gasteiger partial charge on any atom is 0.253 e. The summed E-state index contributed by atoms with van der Waals surface area (Å²) in [4.78, 5) is 11.6. The minimum Gasteiger partial charge on any atom is -0.276 e. The van der Waals surface area contributed by atoms with Crippen LogP contribution in [-0.2, 0) is 0 Å². The van der Waals surface area contributed by atoms with Gasteiger partial charge in [-0.25, -0.2) is 0 Å². The van der Waals surface area contributed by atoms with Crippen LogP contribution in [0.2, 0.25) is 0 Å². The maximum absolute atomic E-state index is 10.9. The topological polar surface area (TPSA) is 40.9 Å². The molecule has 0 aliphatic carbocycles. The smallest absolute Gasteiger partial charge is 0.253 e. The first-order chi connectivity index (χ1) is 6.20. The minimum absolute atomic E-state index is 0.396. The van der Waals surface area contributed by atoms with Gasteiger partial charge in [0.05, 0.1) is 5.56 Å². The molecule has 4 heteroatoms. The van der Waals surface area contributed by atoms with Gasteiger partial charge >= 0.3 is 0 Å². The molecule has 0 spiro atoms. The Morgan fingerprint density at radius 1 is 1.62 bits per heavy atom. The second-order valence-corrected chi connectivity index (χ2v) is 3.43. The van der Waals surface area contributed by atoms with E-state index in [-0.39, 0.29) is 0 Å². The van der Waals surface area contributed by atoms with E-state index >= 15 is 0 Å². The molecule has 1 rings (SSSR count). The third kappa shape index (κ3) is 2.03. The van der Waals surface area contributed by atoms with Gasteiger partial charge in [-0.05, 0) is 30.0 Å². The molecule has 0 heterocycles. The molecular formula is C9H6ClNOS. The van der Waals surface area contributed by atoms with Crippen molar-refractivity contribution in [3.63, 3.8) is 0 Å². The number of carbonyl (C=O) groups is 1. The molecule has 0 bridgehead atoms. The summed E-state index contributed by atoms with van der Waals surface area (Å²) in [5, 5.41) is 8.21. The van der Waals surface area contributed by atoms with E-state index in [0.717, 1.165) is 0 Å². The molecule has 0 aliphatic heterocycles. The lowest BCUT2D eigenvalue weighted by atomic mass is 10.1. The van der Waals surface area contributed by atoms with Gasteiger partial charge in [0.25, 0.3) is 5.24 Å². The van der Waals surface area contributed by atoms with Gasteiger partial charge in [0, 0.05) is 10.5 Å². The molecular weight excluding hydrogens is 206 g/mol. The number of nitriles is 1. The second-order valence-electron chi connectivity index (χ2n) is 2.27. The number of halogens is 1. The minimum atomic E-state index is -0.526. The van der Waals surface area contributed by atoms with Crippen LogP contribution in [0.15, 0.2) is 23.1 Å². The highest BCUT2D eigenvalue weighted by Crippen LogP contribution is 2.25. The number of hydrogen-bond donors (Lipinski definition) is 0. The van der Waals surface area contributed by atoms with Gasteiger partial charge in [-0.1, -0.05) is 6.07 Å². The quantitative estimate of drug-likeness (QED) is 0.558. The van der Waals surface area contributed by atoms with Crippen molar-refractivity contribution >= 4 is 28.6 Å². The number of nitrogens with zero attached hydrogens (tertiary/aromatic N) is 1. The second kappa shape index (κ2) is 4.31. The predicted molar refractivity (Wildman–Crippen MR) is 53.1 cm³/mol. The van der Waals surface area contributed by atoms with E-state index in [9.17, 15) is 4.79 Å². The molecule has 0 saturated carbocycles. The Morgan fingerprint density at radius 3 is 2.77 bits per heavy atom. The van der Waals surface area contributed by atoms with E-state index in [1.54, 1.807) is 24.5 Å². The standard InChI is InChI=1S/C9H6ClNOS/c1-13-8-6(5-11)3-2-4-7(8)9(10)12/h2-4H,1H3. The molecule has 0 N–H and O–H groups in total. The zero-order valence-corrected chi connectivity index (χ0v) is 8.45. The summed E-state index contributed by atoms with van der Waals surface area (Å²) in [5.74, 6) is 0. The maximum atomic E-state index is 10.9. The predicted octanol–water partition coefficient (Wildman–Crippen LogP) is 2.66. The number of rotatable bonds is 2. The van der Waals surface area contributed by atoms with Crippen molar-refractivity contribution in [2.75, 3.05) is 6.26 Å². The van der Waals surface area contributed by atoms with Gasteiger partial charge in [-0.3, -0.25) is 4.79 Å². The fourth-order valence-electron chi connectivity index (χ4n) is 1.000. The third-order valence-electron chi connectivity index (χ3n) is 1.55. The van der Waals surface area contributed by atoms with Crippen molar-refractivity contribution in [1.29, 1.82) is 5.26 Å². The first-order valence-corrected chi connectivity index (χ1v) is 5.08. The Hall–Kier alpha value is -0.980. The van der Waals surface area contributed by atoms with Gasteiger partial charge in [-0.2, -0.15) is 5.26 Å². The number of thioether (sulfide) groups is 1. The van der Waals surface area contributed by atoms with Crippen LogP contribution in [0.4, 0.5) is 0 Å². The van der Waals surface area contributed by atoms with Crippen LogP contribution in [-0.4, -0.2) is 11.5 Å². The van der Waals surface area contributed by atoms with Crippen LogP contribution in [0.1, 0.15) is 15.9 Å². The molecule has 2 nitrogen and oxygen atoms in total. The summed E-state index contributed by atoms with van der Waals surface area (Å²) in [6, 6.07) is 6.93. The molecule has 1 aromatic carbocycles. The van der Waals surface area contributed by atoms with Gasteiger partial charge in [0.1, 0.15) is 6.07 Å². The lowest BCUT2D eigenvalue weighted by molar-refractivity contribution is 0.107. The number of benzene rings is 1. The zero-order valence-electron chi connectivity index (χ0n) is 6.87. The molecule has 1 aromatic rings. The first-order valence-electron chi connectivity index (χ1n) is 3.47. The molecule has 13 heavy (non-hydrogen) atoms. The van der Waals surface area contributed by atoms with Crippen LogP contribution in [0.3, 0.4) is 0 Å². The van der Waals surface area contributed by atoms with E-state index in [1.165, 1.54) is 11.8 Å². The molecule has 0 unspecified atom stereocenters. The van der Waals surface area contributed by atoms with Crippen molar-refractivity contribution < 1.29 is 4.79 Å². The summed E-state index contributed by atoms with van der Waals surface area (Å²) in [6.07, 6.45) is 1.81. The fraction of sp³-hybridized carbons (Fsp3) is 0.111. The van der Waals surface area contributed by atoms with Crippen molar-refractivity contribution in [3.8, 4) is 6.07 Å². The Labute approximate surface area is 85.5 Å². The summed E-state index contributed by atoms with van der Waals surface area (Å²) < 4.78 is 0. The van der Waals surface area contributed by atoms with Crippen molar-refractivity contribution in [3.05, 3.63) is 29.3 Å². The summed E-state index contributed by atoms with van der Waals surface area (Å²) in [6.45, 7) is 0. The zero-order chi connectivity index (χ0) is 9.84. The monoisotopic (exact) mass is 211 g/mol. The highest BCUT2D eigenvalue weighted by molar-refractivity contribution is 7.98. The lowest BCUT2D eigenvalue weighted by Crippen LogP contribution is -1.94. The lowest BCUT2D eigenvalue weighted by Gasteiger charge is -2.03. The Morgan fingerprint density at radius 2 is 2.31 bits per heavy atom. The Kier molecular flexibility index (Phi) is 3.35. The summed E-state index contributed by atoms with van der Waals surface area (Å²) >= 11 is 6.70. The van der Waals surface area contributed by atoms with E-state index in [1.807, 2.05) is 6.07 Å². The average molecular weight is 212 g/mol. The van der Waals surface area contributed by atoms with Crippen LogP contribution in [0, 0.1) is 11.3 Å². The summed E-state index contributed by atoms with van der Waals surface area (Å²) in [7, 11) is 0. The van der Waals surface area contributed by atoms with Gasteiger partial charge < -0.3 is 0 Å². The van der Waals surface area contributed by atoms with Crippen LogP contribution < -0.4 is 0 Å². The van der Waals surface area contributed by atoms with Crippen molar-refractivity contribution in [1.82, 2.24) is 0 Å². The largest absolute Gasteiger partial charge is 0.276 e. The molecule has 0 aliphatic rings. The third-order valence-corrected chi connectivity index (χ3v) is 2.60. The highest BCUT2D eigenvalue weighted by Gasteiger charge is 2.11.